The third-order valence-electron chi connectivity index (χ3n) is 2.44. The molecule has 0 aliphatic carbocycles. The van der Waals surface area contributed by atoms with Crippen molar-refractivity contribution in [3.63, 3.8) is 0 Å². The number of ether oxygens (including phenoxy) is 2. The highest BCUT2D eigenvalue weighted by molar-refractivity contribution is 5.94. The van der Waals surface area contributed by atoms with Gasteiger partial charge in [0.15, 0.2) is 5.78 Å². The van der Waals surface area contributed by atoms with Crippen molar-refractivity contribution in [3.8, 4) is 0 Å². The average Bonchev–Trinajstić information content (AvgIpc) is 3.07. The molecule has 1 amide bonds. The van der Waals surface area contributed by atoms with Crippen LogP contribution in [0.25, 0.3) is 0 Å². The van der Waals surface area contributed by atoms with E-state index in [-0.39, 0.29) is 18.3 Å². The molecule has 1 aliphatic rings. The monoisotopic (exact) mass is 241 g/mol. The highest BCUT2D eigenvalue weighted by Crippen LogP contribution is 2.12. The molecule has 96 valence electrons. The summed E-state index contributed by atoms with van der Waals surface area (Å²) in [7, 11) is 0. The number of nitrogens with zero attached hydrogens (tertiary/aromatic N) is 1. The van der Waals surface area contributed by atoms with Crippen molar-refractivity contribution < 1.29 is 19.1 Å². The molecule has 0 aromatic rings. The summed E-state index contributed by atoms with van der Waals surface area (Å²) in [4.78, 5) is 24.5. The van der Waals surface area contributed by atoms with Crippen LogP contribution >= 0.6 is 0 Å². The molecule has 1 unspecified atom stereocenters. The zero-order chi connectivity index (χ0) is 12.8. The van der Waals surface area contributed by atoms with Crippen LogP contribution in [-0.2, 0) is 14.3 Å². The normalized spacial score (nSPS) is 17.4. The lowest BCUT2D eigenvalue weighted by atomic mass is 10.1. The molecular weight excluding hydrogens is 222 g/mol. The van der Waals surface area contributed by atoms with E-state index in [1.807, 2.05) is 0 Å². The number of hydrogen-bond donors (Lipinski definition) is 0. The Morgan fingerprint density at radius 1 is 1.53 bits per heavy atom. The van der Waals surface area contributed by atoms with Crippen LogP contribution in [0.4, 0.5) is 4.79 Å². The SMILES string of the molecule is C=C(C)C(=O)CCN(CC1CO1)C(=O)OCC. The Bertz CT molecular complexity index is 310. The number of ketones is 1. The van der Waals surface area contributed by atoms with Crippen LogP contribution in [0.3, 0.4) is 0 Å². The number of carbonyl (C=O) groups excluding carboxylic acids is 2. The van der Waals surface area contributed by atoms with Crippen LogP contribution < -0.4 is 0 Å². The second-order valence-corrected chi connectivity index (χ2v) is 4.05. The minimum absolute atomic E-state index is 0.0315. The molecule has 0 N–H and O–H groups in total. The number of carbonyl (C=O) groups is 2. The van der Waals surface area contributed by atoms with Crippen molar-refractivity contribution >= 4 is 11.9 Å². The van der Waals surface area contributed by atoms with Crippen molar-refractivity contribution in [1.29, 1.82) is 0 Å². The van der Waals surface area contributed by atoms with Gasteiger partial charge in [0.05, 0.1) is 25.9 Å². The van der Waals surface area contributed by atoms with Crippen LogP contribution in [-0.4, -0.2) is 49.2 Å². The van der Waals surface area contributed by atoms with Gasteiger partial charge in [-0.2, -0.15) is 0 Å². The van der Waals surface area contributed by atoms with Crippen molar-refractivity contribution in [3.05, 3.63) is 12.2 Å². The average molecular weight is 241 g/mol. The van der Waals surface area contributed by atoms with E-state index in [1.165, 1.54) is 4.90 Å². The van der Waals surface area contributed by atoms with E-state index >= 15 is 0 Å². The van der Waals surface area contributed by atoms with E-state index in [4.69, 9.17) is 9.47 Å². The molecule has 5 heteroatoms. The number of rotatable bonds is 7. The van der Waals surface area contributed by atoms with Gasteiger partial charge < -0.3 is 14.4 Å². The molecule has 0 aromatic heterocycles. The number of Topliss-reactive ketones (excluding diaryl/α,β-unsaturated/α-hetero) is 1. The Kier molecular flexibility index (Phi) is 5.15. The zero-order valence-corrected chi connectivity index (χ0v) is 10.4. The van der Waals surface area contributed by atoms with Gasteiger partial charge in [-0.25, -0.2) is 4.79 Å². The fourth-order valence-corrected chi connectivity index (χ4v) is 1.34. The van der Waals surface area contributed by atoms with Crippen LogP contribution in [0.1, 0.15) is 20.3 Å². The van der Waals surface area contributed by atoms with Gasteiger partial charge in [-0.1, -0.05) is 6.58 Å². The van der Waals surface area contributed by atoms with E-state index < -0.39 is 6.09 Å². The maximum Gasteiger partial charge on any atom is 0.409 e. The number of hydrogen-bond acceptors (Lipinski definition) is 4. The fraction of sp³-hybridized carbons (Fsp3) is 0.667. The topological polar surface area (TPSA) is 59.1 Å². The molecule has 17 heavy (non-hydrogen) atoms. The first kappa shape index (κ1) is 13.7. The van der Waals surface area contributed by atoms with Crippen molar-refractivity contribution in [2.24, 2.45) is 0 Å². The third-order valence-corrected chi connectivity index (χ3v) is 2.44. The Morgan fingerprint density at radius 2 is 2.18 bits per heavy atom. The molecule has 1 atom stereocenters. The quantitative estimate of drug-likeness (QED) is 0.499. The Hall–Kier alpha value is -1.36. The lowest BCUT2D eigenvalue weighted by Crippen LogP contribution is -2.36. The van der Waals surface area contributed by atoms with Gasteiger partial charge in [-0.05, 0) is 19.4 Å². The Morgan fingerprint density at radius 3 is 2.65 bits per heavy atom. The standard InChI is InChI=1S/C12H19NO4/c1-4-16-12(15)13(7-10-8-17-10)6-5-11(14)9(2)3/h10H,2,4-8H2,1,3H3. The molecule has 0 radical (unpaired) electrons. The summed E-state index contributed by atoms with van der Waals surface area (Å²) in [5.41, 5.74) is 0.511. The second-order valence-electron chi connectivity index (χ2n) is 4.05. The zero-order valence-electron chi connectivity index (χ0n) is 10.4. The summed E-state index contributed by atoms with van der Waals surface area (Å²) in [6.07, 6.45) is -0.0159. The summed E-state index contributed by atoms with van der Waals surface area (Å²) < 4.78 is 9.99. The maximum absolute atomic E-state index is 11.6. The summed E-state index contributed by atoms with van der Waals surface area (Å²) in [5, 5.41) is 0. The minimum Gasteiger partial charge on any atom is -0.450 e. The van der Waals surface area contributed by atoms with Gasteiger partial charge in [-0.3, -0.25) is 4.79 Å². The Labute approximate surface area is 101 Å². The molecule has 1 aliphatic heterocycles. The van der Waals surface area contributed by atoms with E-state index in [1.54, 1.807) is 13.8 Å². The minimum atomic E-state index is -0.391. The molecule has 5 nitrogen and oxygen atoms in total. The van der Waals surface area contributed by atoms with E-state index in [0.29, 0.717) is 31.9 Å². The largest absolute Gasteiger partial charge is 0.450 e. The number of allylic oxidation sites excluding steroid dienone is 1. The van der Waals surface area contributed by atoms with Gasteiger partial charge in [0.1, 0.15) is 0 Å². The molecule has 1 saturated heterocycles. The smallest absolute Gasteiger partial charge is 0.409 e. The summed E-state index contributed by atoms with van der Waals surface area (Å²) in [6.45, 7) is 8.84. The molecule has 1 fully saturated rings. The van der Waals surface area contributed by atoms with E-state index in [2.05, 4.69) is 6.58 Å². The van der Waals surface area contributed by atoms with Crippen LogP contribution in [0.2, 0.25) is 0 Å². The third kappa shape index (κ3) is 4.99. The predicted molar refractivity (Wildman–Crippen MR) is 62.8 cm³/mol. The predicted octanol–water partition coefficient (Wildman–Crippen LogP) is 1.38. The fourth-order valence-electron chi connectivity index (χ4n) is 1.34. The van der Waals surface area contributed by atoms with Crippen LogP contribution in [0.5, 0.6) is 0 Å². The summed E-state index contributed by atoms with van der Waals surface area (Å²) >= 11 is 0. The molecule has 1 rings (SSSR count). The molecule has 1 heterocycles. The highest BCUT2D eigenvalue weighted by Gasteiger charge is 2.28. The maximum atomic E-state index is 11.6. The molecule has 0 spiro atoms. The van der Waals surface area contributed by atoms with Crippen molar-refractivity contribution in [2.45, 2.75) is 26.4 Å². The summed E-state index contributed by atoms with van der Waals surface area (Å²) in [5.74, 6) is -0.0315. The molecular formula is C12H19NO4. The molecule has 0 bridgehead atoms. The van der Waals surface area contributed by atoms with E-state index in [0.717, 1.165) is 0 Å². The Balaban J connectivity index is 2.41. The van der Waals surface area contributed by atoms with Gasteiger partial charge in [-0.15, -0.1) is 0 Å². The molecule has 0 saturated carbocycles. The van der Waals surface area contributed by atoms with Gasteiger partial charge in [0, 0.05) is 13.0 Å². The van der Waals surface area contributed by atoms with Gasteiger partial charge in [0.25, 0.3) is 0 Å². The summed E-state index contributed by atoms with van der Waals surface area (Å²) in [6, 6.07) is 0. The van der Waals surface area contributed by atoms with E-state index in [9.17, 15) is 9.59 Å². The van der Waals surface area contributed by atoms with Crippen LogP contribution in [0.15, 0.2) is 12.2 Å². The van der Waals surface area contributed by atoms with Gasteiger partial charge in [0.2, 0.25) is 0 Å². The first-order valence-electron chi connectivity index (χ1n) is 5.76. The first-order chi connectivity index (χ1) is 8.04. The van der Waals surface area contributed by atoms with Gasteiger partial charge >= 0.3 is 6.09 Å². The second kappa shape index (κ2) is 6.39. The van der Waals surface area contributed by atoms with Crippen LogP contribution in [0, 0.1) is 0 Å². The number of epoxide rings is 1. The van der Waals surface area contributed by atoms with Crippen molar-refractivity contribution in [2.75, 3.05) is 26.3 Å². The number of amides is 1. The molecule has 0 aromatic carbocycles. The lowest BCUT2D eigenvalue weighted by molar-refractivity contribution is -0.115. The van der Waals surface area contributed by atoms with Crippen molar-refractivity contribution in [1.82, 2.24) is 4.90 Å². The first-order valence-corrected chi connectivity index (χ1v) is 5.76. The highest BCUT2D eigenvalue weighted by atomic mass is 16.6. The lowest BCUT2D eigenvalue weighted by Gasteiger charge is -2.20.